The fourth-order valence-electron chi connectivity index (χ4n) is 7.06. The van der Waals surface area contributed by atoms with Crippen molar-refractivity contribution in [2.45, 2.75) is 89.9 Å². The molecule has 3 heteroatoms. The molecule has 0 radical (unpaired) electrons. The predicted octanol–water partition coefficient (Wildman–Crippen LogP) is 7.88. The highest BCUT2D eigenvalue weighted by Gasteiger charge is 2.38. The number of benzene rings is 1. The van der Waals surface area contributed by atoms with Crippen molar-refractivity contribution in [2.24, 2.45) is 29.6 Å². The third kappa shape index (κ3) is 4.64. The fourth-order valence-corrected chi connectivity index (χ4v) is 7.06. The van der Waals surface area contributed by atoms with Gasteiger partial charge in [-0.2, -0.15) is 0 Å². The molecule has 4 unspecified atom stereocenters. The molecule has 1 aromatic carbocycles. The van der Waals surface area contributed by atoms with Crippen LogP contribution in [0.25, 0.3) is 0 Å². The van der Waals surface area contributed by atoms with Crippen LogP contribution in [0.2, 0.25) is 0 Å². The van der Waals surface area contributed by atoms with E-state index in [0.717, 1.165) is 48.0 Å². The van der Waals surface area contributed by atoms with Gasteiger partial charge in [-0.15, -0.1) is 0 Å². The van der Waals surface area contributed by atoms with Crippen LogP contribution in [0.1, 0.15) is 95.5 Å². The third-order valence-corrected chi connectivity index (χ3v) is 8.59. The second-order valence-electron chi connectivity index (χ2n) is 10.2. The number of fused-ring (bicyclic) bond motifs is 1. The number of rotatable bonds is 5. The average molecular weight is 405 g/mol. The van der Waals surface area contributed by atoms with E-state index in [2.05, 4.69) is 6.92 Å². The average Bonchev–Trinajstić information content (AvgIpc) is 2.73. The number of hydrogen-bond acceptors (Lipinski definition) is 1. The normalized spacial score (nSPS) is 35.2. The number of methoxy groups -OCH3 is 1. The molecule has 0 spiro atoms. The molecule has 1 nitrogen and oxygen atoms in total. The summed E-state index contributed by atoms with van der Waals surface area (Å²) in [5.74, 6) is 3.59. The van der Waals surface area contributed by atoms with Crippen LogP contribution in [0.4, 0.5) is 8.78 Å². The molecule has 3 fully saturated rings. The molecule has 1 aromatic rings. The summed E-state index contributed by atoms with van der Waals surface area (Å²) in [6, 6.07) is 2.99. The van der Waals surface area contributed by atoms with Crippen LogP contribution in [0, 0.1) is 41.2 Å². The molecule has 0 N–H and O–H groups in total. The van der Waals surface area contributed by atoms with Gasteiger partial charge in [-0.25, -0.2) is 8.78 Å². The molecule has 29 heavy (non-hydrogen) atoms. The lowest BCUT2D eigenvalue weighted by Gasteiger charge is -2.45. The molecule has 4 atom stereocenters. The van der Waals surface area contributed by atoms with Crippen LogP contribution in [-0.2, 0) is 0 Å². The third-order valence-electron chi connectivity index (χ3n) is 8.59. The van der Waals surface area contributed by atoms with Crippen LogP contribution >= 0.6 is 0 Å². The second kappa shape index (κ2) is 9.35. The summed E-state index contributed by atoms with van der Waals surface area (Å²) in [6.45, 7) is 2.33. The summed E-state index contributed by atoms with van der Waals surface area (Å²) < 4.78 is 33.0. The maximum absolute atomic E-state index is 14.1. The highest BCUT2D eigenvalue weighted by atomic mass is 19.1. The largest absolute Gasteiger partial charge is 0.491 e. The topological polar surface area (TPSA) is 9.23 Å². The Morgan fingerprint density at radius 3 is 1.97 bits per heavy atom. The van der Waals surface area contributed by atoms with Crippen LogP contribution in [0.5, 0.6) is 5.75 Å². The SMILES string of the molecule is CCCC1CCC2CC(C3CCC(c4cc(F)c(OC)c(F)c4)CC3)CCC2C1. The van der Waals surface area contributed by atoms with Crippen LogP contribution in [-0.4, -0.2) is 7.11 Å². The highest BCUT2D eigenvalue weighted by Crippen LogP contribution is 2.50. The van der Waals surface area contributed by atoms with Crippen LogP contribution < -0.4 is 4.74 Å². The van der Waals surface area contributed by atoms with Gasteiger partial charge in [0, 0.05) is 0 Å². The first kappa shape index (κ1) is 21.1. The zero-order chi connectivity index (χ0) is 20.4. The summed E-state index contributed by atoms with van der Waals surface area (Å²) in [6.07, 6.45) is 16.1. The Morgan fingerprint density at radius 2 is 1.34 bits per heavy atom. The standard InChI is InChI=1S/C26H38F2O/c1-3-4-17-5-6-22-14-21(12-11-20(22)13-17)18-7-9-19(10-8-18)23-15-24(27)26(29-2)25(28)16-23/h15-22H,3-14H2,1-2H3. The van der Waals surface area contributed by atoms with Gasteiger partial charge in [0.25, 0.3) is 0 Å². The van der Waals surface area contributed by atoms with E-state index >= 15 is 0 Å². The molecular formula is C26H38F2O. The van der Waals surface area contributed by atoms with Crippen molar-refractivity contribution in [3.05, 3.63) is 29.3 Å². The lowest BCUT2D eigenvalue weighted by atomic mass is 9.60. The first-order valence-corrected chi connectivity index (χ1v) is 12.1. The Morgan fingerprint density at radius 1 is 0.793 bits per heavy atom. The molecule has 0 bridgehead atoms. The smallest absolute Gasteiger partial charge is 0.190 e. The maximum Gasteiger partial charge on any atom is 0.190 e. The summed E-state index contributed by atoms with van der Waals surface area (Å²) in [4.78, 5) is 0. The van der Waals surface area contributed by atoms with Gasteiger partial charge in [0.15, 0.2) is 17.4 Å². The Labute approximate surface area is 175 Å². The highest BCUT2D eigenvalue weighted by molar-refractivity contribution is 5.33. The van der Waals surface area contributed by atoms with Crippen molar-refractivity contribution in [3.63, 3.8) is 0 Å². The molecule has 0 aromatic heterocycles. The zero-order valence-corrected chi connectivity index (χ0v) is 18.3. The summed E-state index contributed by atoms with van der Waals surface area (Å²) in [7, 11) is 1.32. The Kier molecular flexibility index (Phi) is 6.81. The zero-order valence-electron chi connectivity index (χ0n) is 18.3. The minimum Gasteiger partial charge on any atom is -0.491 e. The Balaban J connectivity index is 1.31. The van der Waals surface area contributed by atoms with E-state index < -0.39 is 11.6 Å². The molecule has 0 heterocycles. The van der Waals surface area contributed by atoms with E-state index in [9.17, 15) is 8.78 Å². The molecule has 0 aliphatic heterocycles. The fraction of sp³-hybridized carbons (Fsp3) is 0.769. The first-order chi connectivity index (χ1) is 14.1. The number of hydrogen-bond donors (Lipinski definition) is 0. The van der Waals surface area contributed by atoms with Crippen molar-refractivity contribution >= 4 is 0 Å². The van der Waals surface area contributed by atoms with Crippen molar-refractivity contribution in [3.8, 4) is 5.75 Å². The lowest BCUT2D eigenvalue weighted by molar-refractivity contribution is 0.0617. The first-order valence-electron chi connectivity index (χ1n) is 12.1. The van der Waals surface area contributed by atoms with E-state index in [-0.39, 0.29) is 5.75 Å². The van der Waals surface area contributed by atoms with Crippen molar-refractivity contribution in [2.75, 3.05) is 7.11 Å². The van der Waals surface area contributed by atoms with Gasteiger partial charge in [0.1, 0.15) is 0 Å². The van der Waals surface area contributed by atoms with E-state index in [0.29, 0.717) is 5.92 Å². The monoisotopic (exact) mass is 404 g/mol. The lowest BCUT2D eigenvalue weighted by Crippen LogP contribution is -2.34. The van der Waals surface area contributed by atoms with Crippen molar-refractivity contribution < 1.29 is 13.5 Å². The van der Waals surface area contributed by atoms with Gasteiger partial charge in [0.2, 0.25) is 0 Å². The van der Waals surface area contributed by atoms with Gasteiger partial charge >= 0.3 is 0 Å². The quantitative estimate of drug-likeness (QED) is 0.485. The van der Waals surface area contributed by atoms with Crippen LogP contribution in [0.3, 0.4) is 0 Å². The van der Waals surface area contributed by atoms with Crippen LogP contribution in [0.15, 0.2) is 12.1 Å². The molecule has 4 rings (SSSR count). The maximum atomic E-state index is 14.1. The molecule has 0 saturated heterocycles. The van der Waals surface area contributed by atoms with E-state index in [1.807, 2.05) is 0 Å². The molecule has 162 valence electrons. The molecule has 3 saturated carbocycles. The minimum atomic E-state index is -0.568. The number of ether oxygens (including phenoxy) is 1. The van der Waals surface area contributed by atoms with E-state index in [1.54, 1.807) is 0 Å². The van der Waals surface area contributed by atoms with Crippen molar-refractivity contribution in [1.82, 2.24) is 0 Å². The van der Waals surface area contributed by atoms with Crippen molar-refractivity contribution in [1.29, 1.82) is 0 Å². The molecule has 3 aliphatic rings. The summed E-state index contributed by atoms with van der Waals surface area (Å²) >= 11 is 0. The van der Waals surface area contributed by atoms with Gasteiger partial charge in [-0.05, 0) is 111 Å². The van der Waals surface area contributed by atoms with Gasteiger partial charge < -0.3 is 4.74 Å². The Bertz CT molecular complexity index is 656. The van der Waals surface area contributed by atoms with E-state index in [1.165, 1.54) is 83.5 Å². The second-order valence-corrected chi connectivity index (χ2v) is 10.2. The molecule has 0 amide bonds. The Hall–Kier alpha value is -1.12. The summed E-state index contributed by atoms with van der Waals surface area (Å²) in [5, 5.41) is 0. The van der Waals surface area contributed by atoms with Gasteiger partial charge in [0.05, 0.1) is 7.11 Å². The molecular weight excluding hydrogens is 366 g/mol. The number of halogens is 2. The predicted molar refractivity (Wildman–Crippen MR) is 114 cm³/mol. The van der Waals surface area contributed by atoms with Gasteiger partial charge in [-0.3, -0.25) is 0 Å². The van der Waals surface area contributed by atoms with Gasteiger partial charge in [-0.1, -0.05) is 26.2 Å². The minimum absolute atomic E-state index is 0.257. The summed E-state index contributed by atoms with van der Waals surface area (Å²) in [5.41, 5.74) is 0.817. The molecule has 3 aliphatic carbocycles. The van der Waals surface area contributed by atoms with E-state index in [4.69, 9.17) is 4.74 Å².